The molecule has 25 heavy (non-hydrogen) atoms. The molecule has 0 saturated heterocycles. The van der Waals surface area contributed by atoms with Gasteiger partial charge in [0.05, 0.1) is 31.7 Å². The summed E-state index contributed by atoms with van der Waals surface area (Å²) < 4.78 is 16.8. The van der Waals surface area contributed by atoms with E-state index in [-0.39, 0.29) is 5.91 Å². The molecule has 2 rings (SSSR count). The van der Waals surface area contributed by atoms with Gasteiger partial charge in [-0.3, -0.25) is 4.79 Å². The van der Waals surface area contributed by atoms with E-state index in [0.717, 1.165) is 5.69 Å². The highest BCUT2D eigenvalue weighted by Crippen LogP contribution is 2.39. The first-order valence-corrected chi connectivity index (χ1v) is 8.22. The van der Waals surface area contributed by atoms with E-state index in [9.17, 15) is 4.79 Å². The fourth-order valence-corrected chi connectivity index (χ4v) is 2.17. The highest BCUT2D eigenvalue weighted by atomic mass is 16.5. The molecule has 0 atom stereocenters. The summed E-state index contributed by atoms with van der Waals surface area (Å²) in [6, 6.07) is 6.93. The molecule has 1 heterocycles. The number of H-pyrrole nitrogens is 1. The van der Waals surface area contributed by atoms with E-state index in [2.05, 4.69) is 15.5 Å². The van der Waals surface area contributed by atoms with Crippen molar-refractivity contribution in [3.05, 3.63) is 41.7 Å². The zero-order valence-corrected chi connectivity index (χ0v) is 14.7. The predicted octanol–water partition coefficient (Wildman–Crippen LogP) is 2.97. The van der Waals surface area contributed by atoms with Crippen molar-refractivity contribution < 1.29 is 19.0 Å². The molecule has 134 valence electrons. The Morgan fingerprint density at radius 3 is 2.28 bits per heavy atom. The minimum atomic E-state index is -0.368. The summed E-state index contributed by atoms with van der Waals surface area (Å²) in [5, 5.41) is 3.93. The fraction of sp³-hybridized carbons (Fsp3) is 0.333. The van der Waals surface area contributed by atoms with Gasteiger partial charge >= 0.3 is 0 Å². The van der Waals surface area contributed by atoms with Crippen molar-refractivity contribution in [3.63, 3.8) is 0 Å². The largest absolute Gasteiger partial charge is 0.490 e. The summed E-state index contributed by atoms with van der Waals surface area (Å²) in [5.74, 6) is 1.06. The van der Waals surface area contributed by atoms with Gasteiger partial charge in [0.15, 0.2) is 11.5 Å². The van der Waals surface area contributed by atoms with Crippen molar-refractivity contribution in [1.82, 2.24) is 10.4 Å². The minimum absolute atomic E-state index is 0.368. The third-order valence-corrected chi connectivity index (χ3v) is 3.16. The highest BCUT2D eigenvalue weighted by Gasteiger charge is 2.18. The molecule has 0 aliphatic carbocycles. The molecule has 0 aliphatic heterocycles. The molecule has 7 heteroatoms. The fourth-order valence-electron chi connectivity index (χ4n) is 2.17. The van der Waals surface area contributed by atoms with Crippen LogP contribution in [-0.4, -0.2) is 36.9 Å². The van der Waals surface area contributed by atoms with E-state index < -0.39 is 0 Å². The maximum Gasteiger partial charge on any atom is 0.271 e. The standard InChI is InChI=1S/C18H23N3O4/c1-4-23-15-10-13(11-16(24-5-2)17(15)25-6-3)18(22)21-20-12-14-8-7-9-19-14/h7-12,19H,4-6H2,1-3H3,(H,21,22). The first-order valence-electron chi connectivity index (χ1n) is 8.22. The Hall–Kier alpha value is -2.96. The van der Waals surface area contributed by atoms with Gasteiger partial charge in [-0.2, -0.15) is 5.10 Å². The van der Waals surface area contributed by atoms with E-state index in [0.29, 0.717) is 42.6 Å². The van der Waals surface area contributed by atoms with Crippen molar-refractivity contribution in [2.75, 3.05) is 19.8 Å². The van der Waals surface area contributed by atoms with E-state index in [4.69, 9.17) is 14.2 Å². The molecule has 0 bridgehead atoms. The second kappa shape index (κ2) is 9.36. The maximum atomic E-state index is 12.4. The Bertz CT molecular complexity index is 684. The number of amides is 1. The van der Waals surface area contributed by atoms with Gasteiger partial charge in [0, 0.05) is 11.8 Å². The van der Waals surface area contributed by atoms with Gasteiger partial charge in [-0.25, -0.2) is 5.43 Å². The van der Waals surface area contributed by atoms with E-state index in [1.807, 2.05) is 32.9 Å². The van der Waals surface area contributed by atoms with Gasteiger partial charge in [0.25, 0.3) is 5.91 Å². The Kier molecular flexibility index (Phi) is 6.88. The highest BCUT2D eigenvalue weighted by molar-refractivity contribution is 5.96. The Morgan fingerprint density at radius 1 is 1.12 bits per heavy atom. The zero-order valence-electron chi connectivity index (χ0n) is 14.7. The lowest BCUT2D eigenvalue weighted by atomic mass is 10.1. The molecule has 0 saturated carbocycles. The van der Waals surface area contributed by atoms with Crippen LogP contribution in [0.2, 0.25) is 0 Å². The number of carbonyl (C=O) groups excluding carboxylic acids is 1. The average molecular weight is 345 g/mol. The van der Waals surface area contributed by atoms with Crippen LogP contribution in [0.1, 0.15) is 36.8 Å². The number of nitrogens with zero attached hydrogens (tertiary/aromatic N) is 1. The van der Waals surface area contributed by atoms with Crippen molar-refractivity contribution in [2.45, 2.75) is 20.8 Å². The third kappa shape index (κ3) is 5.00. The summed E-state index contributed by atoms with van der Waals surface area (Å²) in [5.41, 5.74) is 3.65. The topological polar surface area (TPSA) is 84.9 Å². The van der Waals surface area contributed by atoms with Crippen LogP contribution in [-0.2, 0) is 0 Å². The molecule has 0 radical (unpaired) electrons. The van der Waals surface area contributed by atoms with E-state index >= 15 is 0 Å². The molecular weight excluding hydrogens is 322 g/mol. The number of aromatic amines is 1. The molecule has 0 fully saturated rings. The number of hydrazone groups is 1. The van der Waals surface area contributed by atoms with E-state index in [1.54, 1.807) is 18.3 Å². The molecule has 0 aliphatic rings. The van der Waals surface area contributed by atoms with Gasteiger partial charge in [-0.05, 0) is 45.0 Å². The molecular formula is C18H23N3O4. The molecule has 1 amide bonds. The number of hydrogen-bond acceptors (Lipinski definition) is 5. The van der Waals surface area contributed by atoms with Crippen molar-refractivity contribution in [2.24, 2.45) is 5.10 Å². The lowest BCUT2D eigenvalue weighted by Gasteiger charge is -2.16. The van der Waals surface area contributed by atoms with Crippen LogP contribution < -0.4 is 19.6 Å². The van der Waals surface area contributed by atoms with Crippen molar-refractivity contribution in [1.29, 1.82) is 0 Å². The molecule has 0 unspecified atom stereocenters. The average Bonchev–Trinajstić information content (AvgIpc) is 3.11. The Morgan fingerprint density at radius 2 is 1.76 bits per heavy atom. The quantitative estimate of drug-likeness (QED) is 0.540. The van der Waals surface area contributed by atoms with E-state index in [1.165, 1.54) is 6.21 Å². The maximum absolute atomic E-state index is 12.4. The number of aromatic nitrogens is 1. The van der Waals surface area contributed by atoms with Crippen LogP contribution in [0.3, 0.4) is 0 Å². The number of nitrogens with one attached hydrogen (secondary N) is 2. The van der Waals surface area contributed by atoms with Crippen LogP contribution in [0.4, 0.5) is 0 Å². The summed E-state index contributed by atoms with van der Waals surface area (Å²) in [7, 11) is 0. The summed E-state index contributed by atoms with van der Waals surface area (Å²) in [6.07, 6.45) is 3.30. The first-order chi connectivity index (χ1) is 12.2. The van der Waals surface area contributed by atoms with Crippen molar-refractivity contribution >= 4 is 12.1 Å². The monoisotopic (exact) mass is 345 g/mol. The number of benzene rings is 1. The second-order valence-corrected chi connectivity index (χ2v) is 4.93. The molecule has 7 nitrogen and oxygen atoms in total. The number of hydrogen-bond donors (Lipinski definition) is 2. The number of rotatable bonds is 9. The molecule has 2 N–H and O–H groups in total. The minimum Gasteiger partial charge on any atom is -0.490 e. The van der Waals surface area contributed by atoms with Gasteiger partial charge in [-0.15, -0.1) is 0 Å². The number of carbonyl (C=O) groups is 1. The van der Waals surface area contributed by atoms with Gasteiger partial charge < -0.3 is 19.2 Å². The molecule has 1 aromatic heterocycles. The van der Waals surface area contributed by atoms with Crippen LogP contribution in [0.25, 0.3) is 0 Å². The van der Waals surface area contributed by atoms with Gasteiger partial charge in [-0.1, -0.05) is 0 Å². The van der Waals surface area contributed by atoms with Crippen molar-refractivity contribution in [3.8, 4) is 17.2 Å². The lowest BCUT2D eigenvalue weighted by Crippen LogP contribution is -2.18. The number of ether oxygens (including phenoxy) is 3. The van der Waals surface area contributed by atoms with Gasteiger partial charge in [0.2, 0.25) is 5.75 Å². The summed E-state index contributed by atoms with van der Waals surface area (Å²) >= 11 is 0. The SMILES string of the molecule is CCOc1cc(C(=O)NN=Cc2ccc[nH]2)cc(OCC)c1OCC. The lowest BCUT2D eigenvalue weighted by molar-refractivity contribution is 0.0954. The van der Waals surface area contributed by atoms with Gasteiger partial charge in [0.1, 0.15) is 0 Å². The smallest absolute Gasteiger partial charge is 0.271 e. The second-order valence-electron chi connectivity index (χ2n) is 4.93. The molecule has 0 spiro atoms. The Balaban J connectivity index is 2.24. The normalized spacial score (nSPS) is 10.7. The first kappa shape index (κ1) is 18.4. The summed E-state index contributed by atoms with van der Waals surface area (Å²) in [4.78, 5) is 15.3. The van der Waals surface area contributed by atoms with Crippen LogP contribution in [0, 0.1) is 0 Å². The Labute approximate surface area is 147 Å². The summed E-state index contributed by atoms with van der Waals surface area (Å²) in [6.45, 7) is 6.96. The molecule has 2 aromatic rings. The van der Waals surface area contributed by atoms with Crippen LogP contribution in [0.5, 0.6) is 17.2 Å². The van der Waals surface area contributed by atoms with Crippen LogP contribution in [0.15, 0.2) is 35.6 Å². The predicted molar refractivity (Wildman–Crippen MR) is 95.8 cm³/mol. The molecule has 1 aromatic carbocycles. The zero-order chi connectivity index (χ0) is 18.1. The third-order valence-electron chi connectivity index (χ3n) is 3.16. The van der Waals surface area contributed by atoms with Crippen LogP contribution >= 0.6 is 0 Å².